The van der Waals surface area contributed by atoms with Crippen molar-refractivity contribution in [2.75, 3.05) is 7.11 Å². The van der Waals surface area contributed by atoms with Crippen LogP contribution in [-0.2, 0) is 11.3 Å². The molecule has 0 radical (unpaired) electrons. The number of ketones is 1. The van der Waals surface area contributed by atoms with Crippen molar-refractivity contribution >= 4 is 34.3 Å². The van der Waals surface area contributed by atoms with Gasteiger partial charge in [0, 0.05) is 39.8 Å². The Labute approximate surface area is 197 Å². The van der Waals surface area contributed by atoms with E-state index in [9.17, 15) is 9.59 Å². The summed E-state index contributed by atoms with van der Waals surface area (Å²) in [5, 5.41) is 1.46. The second-order valence-electron chi connectivity index (χ2n) is 7.72. The molecule has 0 amide bonds. The lowest BCUT2D eigenvalue weighted by Crippen LogP contribution is -2.04. The maximum absolute atomic E-state index is 13.4. The second-order valence-corrected chi connectivity index (χ2v) is 8.16. The smallest absolute Gasteiger partial charge is 0.337 e. The van der Waals surface area contributed by atoms with Gasteiger partial charge in [-0.1, -0.05) is 37.1 Å². The van der Waals surface area contributed by atoms with Gasteiger partial charge >= 0.3 is 5.97 Å². The highest BCUT2D eigenvalue weighted by atomic mass is 35.5. The highest BCUT2D eigenvalue weighted by Gasteiger charge is 2.18. The van der Waals surface area contributed by atoms with Crippen LogP contribution < -0.4 is 4.74 Å². The Hall–Kier alpha value is -3.57. The van der Waals surface area contributed by atoms with Crippen molar-refractivity contribution in [3.8, 4) is 11.5 Å². The van der Waals surface area contributed by atoms with Gasteiger partial charge in [-0.15, -0.1) is 0 Å². The number of hydrogen-bond donors (Lipinski definition) is 0. The minimum Gasteiger partial charge on any atom is -0.465 e. The van der Waals surface area contributed by atoms with Crippen LogP contribution in [-0.4, -0.2) is 23.4 Å². The molecule has 0 aliphatic rings. The van der Waals surface area contributed by atoms with Gasteiger partial charge in [-0.3, -0.25) is 4.79 Å². The van der Waals surface area contributed by atoms with E-state index in [0.29, 0.717) is 33.2 Å². The number of fused-ring (bicyclic) bond motifs is 1. The lowest BCUT2D eigenvalue weighted by Gasteiger charge is -2.08. The van der Waals surface area contributed by atoms with Gasteiger partial charge in [0.05, 0.1) is 12.7 Å². The van der Waals surface area contributed by atoms with Crippen molar-refractivity contribution in [3.63, 3.8) is 0 Å². The molecule has 33 heavy (non-hydrogen) atoms. The standard InChI is InChI=1S/C27H24ClNO4/c1-3-4-15-29-17-24(26(30)18-5-7-19(8-6-18)27(31)32-2)23-16-22(13-14-25(23)29)33-21-11-9-20(28)10-12-21/h5-14,16-17H,3-4,15H2,1-2H3. The summed E-state index contributed by atoms with van der Waals surface area (Å²) < 4.78 is 12.8. The molecule has 6 heteroatoms. The van der Waals surface area contributed by atoms with Crippen LogP contribution in [0, 0.1) is 0 Å². The molecule has 0 aliphatic carbocycles. The fraction of sp³-hybridized carbons (Fsp3) is 0.185. The van der Waals surface area contributed by atoms with Crippen LogP contribution in [0.1, 0.15) is 46.0 Å². The number of halogens is 1. The van der Waals surface area contributed by atoms with E-state index < -0.39 is 5.97 Å². The number of benzene rings is 3. The topological polar surface area (TPSA) is 57.5 Å². The quantitative estimate of drug-likeness (QED) is 0.211. The van der Waals surface area contributed by atoms with Gasteiger partial charge in [-0.2, -0.15) is 0 Å². The second kappa shape index (κ2) is 9.92. The van der Waals surface area contributed by atoms with Gasteiger partial charge in [-0.25, -0.2) is 4.79 Å². The Morgan fingerprint density at radius 3 is 2.24 bits per heavy atom. The number of aryl methyl sites for hydroxylation is 1. The minimum atomic E-state index is -0.436. The van der Waals surface area contributed by atoms with Crippen LogP contribution in [0.4, 0.5) is 0 Å². The number of carbonyl (C=O) groups excluding carboxylic acids is 2. The Morgan fingerprint density at radius 2 is 1.58 bits per heavy atom. The summed E-state index contributed by atoms with van der Waals surface area (Å²) in [7, 11) is 1.33. The summed E-state index contributed by atoms with van der Waals surface area (Å²) in [4.78, 5) is 25.1. The van der Waals surface area contributed by atoms with Crippen molar-refractivity contribution in [2.45, 2.75) is 26.3 Å². The van der Waals surface area contributed by atoms with Gasteiger partial charge < -0.3 is 14.0 Å². The van der Waals surface area contributed by atoms with Gasteiger partial charge in [0.25, 0.3) is 0 Å². The van der Waals surface area contributed by atoms with Crippen LogP contribution in [0.2, 0.25) is 5.02 Å². The van der Waals surface area contributed by atoms with E-state index in [1.54, 1.807) is 48.5 Å². The molecular weight excluding hydrogens is 438 g/mol. The Bertz CT molecular complexity index is 1290. The van der Waals surface area contributed by atoms with E-state index >= 15 is 0 Å². The number of methoxy groups -OCH3 is 1. The first-order valence-electron chi connectivity index (χ1n) is 10.8. The summed E-state index contributed by atoms with van der Waals surface area (Å²) in [6, 6.07) is 19.4. The lowest BCUT2D eigenvalue weighted by molar-refractivity contribution is 0.0600. The van der Waals surface area contributed by atoms with Crippen molar-refractivity contribution in [1.82, 2.24) is 4.57 Å². The molecule has 0 spiro atoms. The molecule has 4 aromatic rings. The third-order valence-electron chi connectivity index (χ3n) is 5.47. The van der Waals surface area contributed by atoms with Crippen molar-refractivity contribution in [2.24, 2.45) is 0 Å². The monoisotopic (exact) mass is 461 g/mol. The molecule has 1 aromatic heterocycles. The zero-order valence-electron chi connectivity index (χ0n) is 18.5. The van der Waals surface area contributed by atoms with Gasteiger partial charge in [0.2, 0.25) is 0 Å². The zero-order valence-corrected chi connectivity index (χ0v) is 19.3. The fourth-order valence-electron chi connectivity index (χ4n) is 3.70. The largest absolute Gasteiger partial charge is 0.465 e. The molecule has 168 valence electrons. The summed E-state index contributed by atoms with van der Waals surface area (Å²) in [5.41, 5.74) is 2.47. The van der Waals surface area contributed by atoms with E-state index in [4.69, 9.17) is 21.1 Å². The predicted molar refractivity (Wildman–Crippen MR) is 130 cm³/mol. The molecular formula is C27H24ClNO4. The molecule has 4 rings (SSSR count). The number of ether oxygens (including phenoxy) is 2. The van der Waals surface area contributed by atoms with Crippen molar-refractivity contribution < 1.29 is 19.1 Å². The minimum absolute atomic E-state index is 0.115. The first kappa shape index (κ1) is 22.6. The zero-order chi connectivity index (χ0) is 23.4. The number of esters is 1. The first-order valence-corrected chi connectivity index (χ1v) is 11.2. The van der Waals surface area contributed by atoms with E-state index in [1.807, 2.05) is 24.4 Å². The SMILES string of the molecule is CCCCn1cc(C(=O)c2ccc(C(=O)OC)cc2)c2cc(Oc3ccc(Cl)cc3)ccc21. The van der Waals surface area contributed by atoms with Crippen LogP contribution in [0.15, 0.2) is 72.9 Å². The Balaban J connectivity index is 1.72. The molecule has 5 nitrogen and oxygen atoms in total. The normalized spacial score (nSPS) is 10.9. The van der Waals surface area contributed by atoms with Crippen LogP contribution >= 0.6 is 11.6 Å². The van der Waals surface area contributed by atoms with Crippen molar-refractivity contribution in [1.29, 1.82) is 0 Å². The number of unbranched alkanes of at least 4 members (excludes halogenated alkanes) is 1. The van der Waals surface area contributed by atoms with Crippen LogP contribution in [0.3, 0.4) is 0 Å². The summed E-state index contributed by atoms with van der Waals surface area (Å²) >= 11 is 5.96. The molecule has 0 saturated heterocycles. The van der Waals surface area contributed by atoms with Crippen LogP contribution in [0.5, 0.6) is 11.5 Å². The highest BCUT2D eigenvalue weighted by Crippen LogP contribution is 2.31. The van der Waals surface area contributed by atoms with E-state index in [-0.39, 0.29) is 5.78 Å². The molecule has 0 N–H and O–H groups in total. The molecule has 0 unspecified atom stereocenters. The summed E-state index contributed by atoms with van der Waals surface area (Å²) in [6.07, 6.45) is 3.97. The third-order valence-corrected chi connectivity index (χ3v) is 5.72. The molecule has 0 aliphatic heterocycles. The molecule has 0 bridgehead atoms. The lowest BCUT2D eigenvalue weighted by atomic mass is 10.0. The van der Waals surface area contributed by atoms with Crippen molar-refractivity contribution in [3.05, 3.63) is 94.6 Å². The Morgan fingerprint density at radius 1 is 0.909 bits per heavy atom. The molecule has 3 aromatic carbocycles. The van der Waals surface area contributed by atoms with Gasteiger partial charge in [0.15, 0.2) is 5.78 Å². The highest BCUT2D eigenvalue weighted by molar-refractivity contribution is 6.30. The molecule has 0 fully saturated rings. The summed E-state index contributed by atoms with van der Waals surface area (Å²) in [6.45, 7) is 2.96. The van der Waals surface area contributed by atoms with Gasteiger partial charge in [-0.05, 0) is 61.0 Å². The third kappa shape index (κ3) is 4.94. The predicted octanol–water partition coefficient (Wildman–Crippen LogP) is 6.90. The Kier molecular flexibility index (Phi) is 6.80. The molecule has 0 atom stereocenters. The number of nitrogens with zero attached hydrogens (tertiary/aromatic N) is 1. The molecule has 0 saturated carbocycles. The fourth-order valence-corrected chi connectivity index (χ4v) is 3.83. The number of rotatable bonds is 8. The average molecular weight is 462 g/mol. The number of hydrogen-bond acceptors (Lipinski definition) is 4. The van der Waals surface area contributed by atoms with Crippen LogP contribution in [0.25, 0.3) is 10.9 Å². The maximum atomic E-state index is 13.4. The molecule has 1 heterocycles. The average Bonchev–Trinajstić information content (AvgIpc) is 3.21. The van der Waals surface area contributed by atoms with E-state index in [1.165, 1.54) is 7.11 Å². The number of aromatic nitrogens is 1. The van der Waals surface area contributed by atoms with E-state index in [0.717, 1.165) is 30.3 Å². The number of carbonyl (C=O) groups is 2. The van der Waals surface area contributed by atoms with Gasteiger partial charge in [0.1, 0.15) is 11.5 Å². The van der Waals surface area contributed by atoms with E-state index in [2.05, 4.69) is 11.5 Å². The maximum Gasteiger partial charge on any atom is 0.337 e. The first-order chi connectivity index (χ1) is 16.0. The summed E-state index contributed by atoms with van der Waals surface area (Å²) in [5.74, 6) is 0.744.